The molecule has 0 amide bonds. The van der Waals surface area contributed by atoms with Crippen molar-refractivity contribution in [2.45, 2.75) is 44.9 Å². The van der Waals surface area contributed by atoms with Crippen LogP contribution in [0.4, 0.5) is 22.7 Å². The SMILES string of the molecule is CC(C)(C/C=C/C=C/C=C1/N(c2ccccc2)c2ccccc2C1(C)C)c1ccccc1Nc1ccccc1. The minimum atomic E-state index is -0.0854. The van der Waals surface area contributed by atoms with Crippen LogP contribution in [0.2, 0.25) is 0 Å². The lowest BCUT2D eigenvalue weighted by Crippen LogP contribution is -2.22. The number of allylic oxidation sites excluding steroid dienone is 6. The Morgan fingerprint density at radius 2 is 1.36 bits per heavy atom. The lowest BCUT2D eigenvalue weighted by molar-refractivity contribution is 0.536. The van der Waals surface area contributed by atoms with E-state index in [0.717, 1.165) is 17.8 Å². The molecule has 39 heavy (non-hydrogen) atoms. The van der Waals surface area contributed by atoms with Crippen molar-refractivity contribution in [3.63, 3.8) is 0 Å². The molecule has 0 unspecified atom stereocenters. The highest BCUT2D eigenvalue weighted by molar-refractivity contribution is 5.79. The van der Waals surface area contributed by atoms with Gasteiger partial charge in [0.15, 0.2) is 0 Å². The topological polar surface area (TPSA) is 15.3 Å². The second-order valence-electron chi connectivity index (χ2n) is 11.3. The van der Waals surface area contributed by atoms with Gasteiger partial charge in [-0.25, -0.2) is 0 Å². The molecule has 2 heteroatoms. The molecular formula is C37H38N2. The van der Waals surface area contributed by atoms with Crippen molar-refractivity contribution >= 4 is 22.7 Å². The molecule has 1 N–H and O–H groups in total. The summed E-state index contributed by atoms with van der Waals surface area (Å²) in [6.45, 7) is 9.25. The van der Waals surface area contributed by atoms with Crippen molar-refractivity contribution in [2.24, 2.45) is 0 Å². The van der Waals surface area contributed by atoms with Crippen LogP contribution in [0.1, 0.15) is 45.2 Å². The number of hydrogen-bond acceptors (Lipinski definition) is 2. The standard InChI is InChI=1S/C37H38N2/c1-36(2,31-23-14-16-25-33(31)38-29-19-9-7-10-20-29)28-18-6-5-13-27-35-37(3,4)32-24-15-17-26-34(32)39(35)30-21-11-8-12-22-30/h5-27,38H,28H2,1-4H3/b13-5+,18-6+,35-27+. The van der Waals surface area contributed by atoms with E-state index in [2.05, 4.69) is 171 Å². The first kappa shape index (κ1) is 26.3. The highest BCUT2D eigenvalue weighted by atomic mass is 15.2. The van der Waals surface area contributed by atoms with Crippen LogP contribution in [0.3, 0.4) is 0 Å². The van der Waals surface area contributed by atoms with Gasteiger partial charge in [-0.1, -0.05) is 125 Å². The van der Waals surface area contributed by atoms with Gasteiger partial charge in [0.05, 0.1) is 0 Å². The smallest absolute Gasteiger partial charge is 0.0500 e. The third kappa shape index (κ3) is 5.61. The lowest BCUT2D eigenvalue weighted by atomic mass is 9.80. The van der Waals surface area contributed by atoms with E-state index >= 15 is 0 Å². The van der Waals surface area contributed by atoms with E-state index in [1.165, 1.54) is 28.2 Å². The highest BCUT2D eigenvalue weighted by Crippen LogP contribution is 2.50. The average Bonchev–Trinajstić information content (AvgIpc) is 3.18. The molecule has 0 bridgehead atoms. The number of fused-ring (bicyclic) bond motifs is 1. The van der Waals surface area contributed by atoms with Gasteiger partial charge in [-0.2, -0.15) is 0 Å². The molecule has 0 spiro atoms. The van der Waals surface area contributed by atoms with E-state index in [-0.39, 0.29) is 10.8 Å². The van der Waals surface area contributed by atoms with Crippen molar-refractivity contribution in [3.8, 4) is 0 Å². The number of nitrogens with zero attached hydrogens (tertiary/aromatic N) is 1. The number of para-hydroxylation sites is 4. The molecule has 1 aliphatic rings. The van der Waals surface area contributed by atoms with E-state index in [9.17, 15) is 0 Å². The van der Waals surface area contributed by atoms with Crippen molar-refractivity contribution in [1.29, 1.82) is 0 Å². The first-order chi connectivity index (χ1) is 18.9. The number of rotatable bonds is 8. The minimum Gasteiger partial charge on any atom is -0.355 e. The first-order valence-corrected chi connectivity index (χ1v) is 13.8. The summed E-state index contributed by atoms with van der Waals surface area (Å²) in [7, 11) is 0. The van der Waals surface area contributed by atoms with Crippen LogP contribution >= 0.6 is 0 Å². The Balaban J connectivity index is 1.33. The minimum absolute atomic E-state index is 0.0135. The van der Waals surface area contributed by atoms with Crippen LogP contribution in [-0.2, 0) is 10.8 Å². The van der Waals surface area contributed by atoms with Crippen molar-refractivity contribution in [3.05, 3.63) is 156 Å². The second-order valence-corrected chi connectivity index (χ2v) is 11.3. The van der Waals surface area contributed by atoms with Gasteiger partial charge >= 0.3 is 0 Å². The molecule has 196 valence electrons. The van der Waals surface area contributed by atoms with Crippen LogP contribution in [0.25, 0.3) is 0 Å². The molecule has 0 aliphatic carbocycles. The fraction of sp³-hybridized carbons (Fsp3) is 0.189. The predicted molar refractivity (Wildman–Crippen MR) is 168 cm³/mol. The van der Waals surface area contributed by atoms with Crippen LogP contribution in [0.5, 0.6) is 0 Å². The average molecular weight is 511 g/mol. The molecular weight excluding hydrogens is 472 g/mol. The van der Waals surface area contributed by atoms with Gasteiger partial charge < -0.3 is 10.2 Å². The molecule has 4 aromatic rings. The summed E-state index contributed by atoms with van der Waals surface area (Å²) < 4.78 is 0. The number of nitrogens with one attached hydrogen (secondary N) is 1. The fourth-order valence-corrected chi connectivity index (χ4v) is 5.50. The third-order valence-electron chi connectivity index (χ3n) is 7.66. The summed E-state index contributed by atoms with van der Waals surface area (Å²) in [6, 6.07) is 38.4. The Bertz CT molecular complexity index is 1490. The van der Waals surface area contributed by atoms with Crippen LogP contribution in [-0.4, -0.2) is 0 Å². The van der Waals surface area contributed by atoms with Crippen molar-refractivity contribution in [1.82, 2.24) is 0 Å². The largest absolute Gasteiger partial charge is 0.355 e. The second kappa shape index (κ2) is 11.2. The molecule has 0 fully saturated rings. The van der Waals surface area contributed by atoms with E-state index in [1.807, 2.05) is 6.07 Å². The summed E-state index contributed by atoms with van der Waals surface area (Å²) in [6.07, 6.45) is 12.0. The Kier molecular flexibility index (Phi) is 7.56. The van der Waals surface area contributed by atoms with Gasteiger partial charge in [0.1, 0.15) is 0 Å². The Hall–Kier alpha value is -4.30. The maximum absolute atomic E-state index is 3.60. The van der Waals surface area contributed by atoms with Crippen LogP contribution in [0.15, 0.2) is 145 Å². The van der Waals surface area contributed by atoms with Gasteiger partial charge in [0.2, 0.25) is 0 Å². The molecule has 1 heterocycles. The van der Waals surface area contributed by atoms with Gasteiger partial charge in [0.25, 0.3) is 0 Å². The zero-order chi connectivity index (χ0) is 27.3. The summed E-state index contributed by atoms with van der Waals surface area (Å²) in [5.41, 5.74) is 8.56. The Labute approximate surface area is 234 Å². The number of anilines is 4. The number of benzene rings is 4. The Morgan fingerprint density at radius 1 is 0.718 bits per heavy atom. The molecule has 2 nitrogen and oxygen atoms in total. The third-order valence-corrected chi connectivity index (χ3v) is 7.66. The molecule has 0 saturated heterocycles. The molecule has 0 saturated carbocycles. The monoisotopic (exact) mass is 510 g/mol. The summed E-state index contributed by atoms with van der Waals surface area (Å²) in [4.78, 5) is 2.39. The van der Waals surface area contributed by atoms with E-state index < -0.39 is 0 Å². The van der Waals surface area contributed by atoms with E-state index in [1.54, 1.807) is 0 Å². The van der Waals surface area contributed by atoms with Crippen molar-refractivity contribution in [2.75, 3.05) is 10.2 Å². The van der Waals surface area contributed by atoms with Gasteiger partial charge in [0, 0.05) is 33.9 Å². The number of hydrogen-bond donors (Lipinski definition) is 1. The van der Waals surface area contributed by atoms with Crippen LogP contribution < -0.4 is 10.2 Å². The lowest BCUT2D eigenvalue weighted by Gasteiger charge is -2.27. The van der Waals surface area contributed by atoms with E-state index in [4.69, 9.17) is 0 Å². The highest BCUT2D eigenvalue weighted by Gasteiger charge is 2.40. The van der Waals surface area contributed by atoms with Gasteiger partial charge in [-0.05, 0) is 65.4 Å². The quantitative estimate of drug-likeness (QED) is 0.237. The molecule has 0 aromatic heterocycles. The zero-order valence-corrected chi connectivity index (χ0v) is 23.4. The predicted octanol–water partition coefficient (Wildman–Crippen LogP) is 10.2. The molecule has 1 aliphatic heterocycles. The van der Waals surface area contributed by atoms with Crippen molar-refractivity contribution < 1.29 is 0 Å². The maximum Gasteiger partial charge on any atom is 0.0500 e. The molecule has 0 radical (unpaired) electrons. The Morgan fingerprint density at radius 3 is 2.13 bits per heavy atom. The van der Waals surface area contributed by atoms with E-state index in [0.29, 0.717) is 0 Å². The summed E-state index contributed by atoms with van der Waals surface area (Å²) >= 11 is 0. The molecule has 0 atom stereocenters. The normalized spacial score (nSPS) is 15.8. The first-order valence-electron chi connectivity index (χ1n) is 13.8. The summed E-state index contributed by atoms with van der Waals surface area (Å²) in [5.74, 6) is 0. The van der Waals surface area contributed by atoms with Gasteiger partial charge in [-0.3, -0.25) is 0 Å². The zero-order valence-electron chi connectivity index (χ0n) is 23.4. The maximum atomic E-state index is 3.60. The summed E-state index contributed by atoms with van der Waals surface area (Å²) in [5, 5.41) is 3.60. The van der Waals surface area contributed by atoms with Gasteiger partial charge in [-0.15, -0.1) is 0 Å². The fourth-order valence-electron chi connectivity index (χ4n) is 5.50. The van der Waals surface area contributed by atoms with Crippen LogP contribution in [0, 0.1) is 0 Å². The molecule has 4 aromatic carbocycles. The molecule has 5 rings (SSSR count).